The van der Waals surface area contributed by atoms with E-state index in [1.165, 1.54) is 14.2 Å². The number of nitrogens with zero attached hydrogens (tertiary/aromatic N) is 3. The van der Waals surface area contributed by atoms with E-state index in [-0.39, 0.29) is 30.3 Å². The molecule has 0 bridgehead atoms. The van der Waals surface area contributed by atoms with Gasteiger partial charge >= 0.3 is 12.2 Å². The molecule has 2 aromatic heterocycles. The molecule has 278 valence electrons. The second-order valence-electron chi connectivity index (χ2n) is 13.6. The first-order valence-corrected chi connectivity index (χ1v) is 17.9. The summed E-state index contributed by atoms with van der Waals surface area (Å²) < 4.78 is 9.22. The molecule has 3 heterocycles. The van der Waals surface area contributed by atoms with Crippen LogP contribution in [-0.2, 0) is 25.5 Å². The number of aryl methyl sites for hydroxylation is 1. The number of H-pyrrole nitrogens is 2. The highest BCUT2D eigenvalue weighted by atomic mass is 16.5. The quantitative estimate of drug-likeness (QED) is 0.0972. The number of nitrogens with one attached hydrogen (secondary N) is 5. The third-order valence-corrected chi connectivity index (χ3v) is 9.60. The van der Waals surface area contributed by atoms with Crippen LogP contribution in [-0.4, -0.2) is 88.7 Å². The number of hydrogen-bond donors (Lipinski definition) is 5. The smallest absolute Gasteiger partial charge is 0.407 e. The van der Waals surface area contributed by atoms with Crippen LogP contribution in [0, 0.1) is 5.92 Å². The summed E-state index contributed by atoms with van der Waals surface area (Å²) in [5, 5.41) is 10.1. The van der Waals surface area contributed by atoms with Gasteiger partial charge in [-0.2, -0.15) is 0 Å². The lowest BCUT2D eigenvalue weighted by molar-refractivity contribution is -0.135. The Balaban J connectivity index is 1.08. The maximum Gasteiger partial charge on any atom is 0.407 e. The zero-order chi connectivity index (χ0) is 37.5. The molecule has 1 aliphatic rings. The minimum atomic E-state index is -0.685. The van der Waals surface area contributed by atoms with E-state index < -0.39 is 18.2 Å². The summed E-state index contributed by atoms with van der Waals surface area (Å²) in [6, 6.07) is 18.1. The molecule has 0 spiro atoms. The topological polar surface area (TPSA) is 183 Å². The van der Waals surface area contributed by atoms with Gasteiger partial charge in [0, 0.05) is 25.1 Å². The van der Waals surface area contributed by atoms with Crippen molar-refractivity contribution in [2.24, 2.45) is 5.92 Å². The molecule has 2 atom stereocenters. The van der Waals surface area contributed by atoms with Gasteiger partial charge in [0.25, 0.3) is 0 Å². The van der Waals surface area contributed by atoms with Gasteiger partial charge in [-0.15, -0.1) is 0 Å². The predicted molar refractivity (Wildman–Crippen MR) is 201 cm³/mol. The molecule has 1 aliphatic heterocycles. The average Bonchev–Trinajstić information content (AvgIpc) is 3.95. The fraction of sp³-hybridized carbons (Fsp3) is 0.385. The highest BCUT2D eigenvalue weighted by molar-refractivity contribution is 5.92. The third-order valence-electron chi connectivity index (χ3n) is 9.60. The Morgan fingerprint density at radius 2 is 1.60 bits per heavy atom. The van der Waals surface area contributed by atoms with Gasteiger partial charge in [-0.25, -0.2) is 19.6 Å². The number of aromatic amines is 2. The van der Waals surface area contributed by atoms with Gasteiger partial charge < -0.3 is 40.3 Å². The highest BCUT2D eigenvalue weighted by Gasteiger charge is 2.37. The molecule has 5 aromatic rings. The van der Waals surface area contributed by atoms with Crippen molar-refractivity contribution in [1.29, 1.82) is 0 Å². The molecule has 53 heavy (non-hydrogen) atoms. The van der Waals surface area contributed by atoms with Crippen molar-refractivity contribution in [3.05, 3.63) is 72.4 Å². The summed E-state index contributed by atoms with van der Waals surface area (Å²) in [5.41, 5.74) is 5.84. The molecular formula is C39H46N8O6. The van der Waals surface area contributed by atoms with Crippen LogP contribution in [0.4, 0.5) is 9.59 Å². The van der Waals surface area contributed by atoms with Crippen LogP contribution in [0.2, 0.25) is 0 Å². The number of imidazole rings is 2. The van der Waals surface area contributed by atoms with E-state index in [1.54, 1.807) is 0 Å². The molecule has 1 saturated heterocycles. The number of benzene rings is 3. The summed E-state index contributed by atoms with van der Waals surface area (Å²) in [6.07, 6.45) is 4.61. The predicted octanol–water partition coefficient (Wildman–Crippen LogP) is 5.61. The van der Waals surface area contributed by atoms with Gasteiger partial charge in [0.2, 0.25) is 11.8 Å². The van der Waals surface area contributed by atoms with Crippen LogP contribution in [0.5, 0.6) is 0 Å². The van der Waals surface area contributed by atoms with Crippen molar-refractivity contribution in [1.82, 2.24) is 40.8 Å². The molecule has 5 N–H and O–H groups in total. The lowest BCUT2D eigenvalue weighted by Gasteiger charge is -2.29. The summed E-state index contributed by atoms with van der Waals surface area (Å²) >= 11 is 0. The number of ether oxygens (including phenoxy) is 2. The Labute approximate surface area is 307 Å². The Morgan fingerprint density at radius 3 is 2.36 bits per heavy atom. The Kier molecular flexibility index (Phi) is 11.6. The zero-order valence-electron chi connectivity index (χ0n) is 30.5. The second kappa shape index (κ2) is 16.6. The van der Waals surface area contributed by atoms with Crippen LogP contribution in [0.25, 0.3) is 44.2 Å². The Bertz CT molecular complexity index is 2110. The number of rotatable bonds is 13. The van der Waals surface area contributed by atoms with Crippen molar-refractivity contribution in [2.75, 3.05) is 33.9 Å². The van der Waals surface area contributed by atoms with Crippen LogP contribution in [0.15, 0.2) is 60.8 Å². The SMILES string of the molecule is COC(=O)NCC(=O)NCCCCc1ncc(-c2ccc3cc(-c4ccc5nc(C6CCCN6C(=O)C(NC(=O)OC)C(C)C)[nH]c5c4)ccc3c2)[nH]1. The standard InChI is InChI=1S/C39H46N8O6/c1-23(2)35(46-39(51)53-4)37(49)47-17-7-8-32(47)36-44-29-15-14-27(20-30(29)45-36)25-10-11-26-19-28(13-12-24(26)18-25)31-21-41-33(43-31)9-5-6-16-40-34(48)22-42-38(50)52-3/h10-15,18-21,23,32,35H,5-9,16-17,22H2,1-4H3,(H,40,48)(H,41,43)(H,42,50)(H,44,45)(H,46,51). The number of aromatic nitrogens is 4. The first-order valence-electron chi connectivity index (χ1n) is 17.9. The number of likely N-dealkylation sites (tertiary alicyclic amines) is 1. The van der Waals surface area contributed by atoms with Crippen molar-refractivity contribution < 1.29 is 28.7 Å². The Hall–Kier alpha value is -5.92. The largest absolute Gasteiger partial charge is 0.453 e. The van der Waals surface area contributed by atoms with Crippen LogP contribution < -0.4 is 16.0 Å². The van der Waals surface area contributed by atoms with E-state index >= 15 is 0 Å². The number of hydrogen-bond acceptors (Lipinski definition) is 8. The van der Waals surface area contributed by atoms with E-state index in [4.69, 9.17) is 9.72 Å². The van der Waals surface area contributed by atoms with E-state index in [2.05, 4.69) is 84.2 Å². The number of amides is 4. The maximum absolute atomic E-state index is 13.6. The number of unbranched alkanes of at least 4 members (excludes halogenated alkanes) is 1. The molecule has 14 heteroatoms. The molecule has 0 aliphatic carbocycles. The van der Waals surface area contributed by atoms with Gasteiger partial charge in [0.15, 0.2) is 0 Å². The van der Waals surface area contributed by atoms with Gasteiger partial charge in [-0.3, -0.25) is 9.59 Å². The number of alkyl carbamates (subject to hydrolysis) is 2. The van der Waals surface area contributed by atoms with E-state index in [0.717, 1.165) is 87.9 Å². The van der Waals surface area contributed by atoms with Crippen molar-refractivity contribution in [3.63, 3.8) is 0 Å². The van der Waals surface area contributed by atoms with Crippen molar-refractivity contribution in [2.45, 2.75) is 58.0 Å². The van der Waals surface area contributed by atoms with Crippen molar-refractivity contribution >= 4 is 45.8 Å². The first kappa shape index (κ1) is 36.9. The molecule has 0 radical (unpaired) electrons. The van der Waals surface area contributed by atoms with Crippen LogP contribution >= 0.6 is 0 Å². The minimum Gasteiger partial charge on any atom is -0.453 e. The molecule has 4 amide bonds. The van der Waals surface area contributed by atoms with E-state index in [9.17, 15) is 19.2 Å². The lowest BCUT2D eigenvalue weighted by Crippen LogP contribution is -2.51. The first-order chi connectivity index (χ1) is 25.6. The van der Waals surface area contributed by atoms with Gasteiger partial charge in [-0.1, -0.05) is 44.2 Å². The minimum absolute atomic E-state index is 0.102. The summed E-state index contributed by atoms with van der Waals surface area (Å²) in [5.74, 6) is 1.13. The molecule has 2 unspecified atom stereocenters. The fourth-order valence-electron chi connectivity index (χ4n) is 6.72. The monoisotopic (exact) mass is 722 g/mol. The maximum atomic E-state index is 13.6. The molecular weight excluding hydrogens is 676 g/mol. The van der Waals surface area contributed by atoms with Crippen molar-refractivity contribution in [3.8, 4) is 22.4 Å². The zero-order valence-corrected chi connectivity index (χ0v) is 30.5. The normalized spacial score (nSPS) is 14.7. The van der Waals surface area contributed by atoms with Crippen LogP contribution in [0.3, 0.4) is 0 Å². The second-order valence-corrected chi connectivity index (χ2v) is 13.6. The van der Waals surface area contributed by atoms with Gasteiger partial charge in [0.1, 0.15) is 17.7 Å². The summed E-state index contributed by atoms with van der Waals surface area (Å²) in [7, 11) is 2.54. The van der Waals surface area contributed by atoms with Gasteiger partial charge in [0.05, 0.1) is 49.7 Å². The summed E-state index contributed by atoms with van der Waals surface area (Å²) in [4.78, 5) is 66.6. The molecule has 3 aromatic carbocycles. The molecule has 6 rings (SSSR count). The molecule has 0 saturated carbocycles. The van der Waals surface area contributed by atoms with E-state index in [1.807, 2.05) is 31.0 Å². The number of carbonyl (C=O) groups is 4. The van der Waals surface area contributed by atoms with Crippen LogP contribution in [0.1, 0.15) is 57.2 Å². The average molecular weight is 723 g/mol. The number of fused-ring (bicyclic) bond motifs is 2. The Morgan fingerprint density at radius 1 is 0.887 bits per heavy atom. The van der Waals surface area contributed by atoms with Gasteiger partial charge in [-0.05, 0) is 77.8 Å². The summed E-state index contributed by atoms with van der Waals surface area (Å²) in [6.45, 7) is 4.80. The molecule has 14 nitrogen and oxygen atoms in total. The lowest BCUT2D eigenvalue weighted by atomic mass is 9.99. The third kappa shape index (κ3) is 8.76. The number of carbonyl (C=O) groups excluding carboxylic acids is 4. The molecule has 1 fully saturated rings. The highest BCUT2D eigenvalue weighted by Crippen LogP contribution is 2.34. The number of methoxy groups -OCH3 is 2. The van der Waals surface area contributed by atoms with E-state index in [0.29, 0.717) is 13.1 Å². The fourth-order valence-corrected chi connectivity index (χ4v) is 6.72.